The molecule has 0 unspecified atom stereocenters. The van der Waals surface area contributed by atoms with Gasteiger partial charge in [0.15, 0.2) is 0 Å². The van der Waals surface area contributed by atoms with Crippen molar-refractivity contribution in [2.24, 2.45) is 0 Å². The molecule has 1 atom stereocenters. The number of ketones is 1. The number of aliphatic hydroxyl groups excluding tert-OH is 1. The van der Waals surface area contributed by atoms with Gasteiger partial charge in [-0.1, -0.05) is 46.8 Å². The van der Waals surface area contributed by atoms with Gasteiger partial charge in [-0.25, -0.2) is 4.98 Å². The van der Waals surface area contributed by atoms with Gasteiger partial charge in [0.2, 0.25) is 0 Å². The predicted octanol–water partition coefficient (Wildman–Crippen LogP) is 5.04. The smallest absolute Gasteiger partial charge is 0.301 e. The SMILES string of the molecule is C=CCOc1ccc(C(O)=C2C(=O)C(=O)N(c3ccccn3)[C@@H]2c2cccc(Br)c2)cc1. The van der Waals surface area contributed by atoms with Crippen LogP contribution in [0.4, 0.5) is 5.82 Å². The number of pyridine rings is 1. The number of ether oxygens (including phenoxy) is 1. The summed E-state index contributed by atoms with van der Waals surface area (Å²) in [6.45, 7) is 3.96. The van der Waals surface area contributed by atoms with Gasteiger partial charge < -0.3 is 9.84 Å². The van der Waals surface area contributed by atoms with Crippen molar-refractivity contribution in [1.82, 2.24) is 4.98 Å². The van der Waals surface area contributed by atoms with E-state index in [4.69, 9.17) is 4.74 Å². The number of anilines is 1. The lowest BCUT2D eigenvalue weighted by molar-refractivity contribution is -0.132. The number of hydrogen-bond donors (Lipinski definition) is 1. The Hall–Kier alpha value is -3.71. The first-order valence-corrected chi connectivity index (χ1v) is 10.6. The molecule has 1 amide bonds. The van der Waals surface area contributed by atoms with Crippen molar-refractivity contribution in [3.8, 4) is 5.75 Å². The second kappa shape index (κ2) is 9.20. The van der Waals surface area contributed by atoms with Crippen LogP contribution in [0, 0.1) is 0 Å². The first kappa shape index (κ1) is 21.5. The van der Waals surface area contributed by atoms with E-state index in [0.29, 0.717) is 29.3 Å². The molecule has 4 rings (SSSR count). The van der Waals surface area contributed by atoms with Crippen LogP contribution in [0.2, 0.25) is 0 Å². The average Bonchev–Trinajstić information content (AvgIpc) is 3.08. The number of benzene rings is 2. The summed E-state index contributed by atoms with van der Waals surface area (Å²) in [4.78, 5) is 31.7. The van der Waals surface area contributed by atoms with Crippen molar-refractivity contribution in [2.45, 2.75) is 6.04 Å². The van der Waals surface area contributed by atoms with E-state index in [0.717, 1.165) is 4.47 Å². The number of carbonyl (C=O) groups is 2. The van der Waals surface area contributed by atoms with E-state index < -0.39 is 17.7 Å². The maximum Gasteiger partial charge on any atom is 0.301 e. The summed E-state index contributed by atoms with van der Waals surface area (Å²) in [5, 5.41) is 11.1. The molecule has 1 aliphatic rings. The summed E-state index contributed by atoms with van der Waals surface area (Å²) < 4.78 is 6.26. The number of amides is 1. The first-order valence-electron chi connectivity index (χ1n) is 9.83. The number of carbonyl (C=O) groups excluding carboxylic acids is 2. The van der Waals surface area contributed by atoms with Crippen LogP contribution >= 0.6 is 15.9 Å². The van der Waals surface area contributed by atoms with E-state index in [2.05, 4.69) is 27.5 Å². The van der Waals surface area contributed by atoms with Gasteiger partial charge in [-0.05, 0) is 54.1 Å². The highest BCUT2D eigenvalue weighted by Crippen LogP contribution is 2.42. The monoisotopic (exact) mass is 490 g/mol. The van der Waals surface area contributed by atoms with Gasteiger partial charge in [0.25, 0.3) is 5.78 Å². The predicted molar refractivity (Wildman–Crippen MR) is 125 cm³/mol. The summed E-state index contributed by atoms with van der Waals surface area (Å²) in [7, 11) is 0. The van der Waals surface area contributed by atoms with Crippen LogP contribution in [0.5, 0.6) is 5.75 Å². The molecule has 1 fully saturated rings. The number of nitrogens with zero attached hydrogens (tertiary/aromatic N) is 2. The molecule has 0 saturated carbocycles. The molecule has 160 valence electrons. The summed E-state index contributed by atoms with van der Waals surface area (Å²) in [6.07, 6.45) is 3.18. The Labute approximate surface area is 193 Å². The number of aromatic nitrogens is 1. The zero-order valence-electron chi connectivity index (χ0n) is 16.9. The molecule has 1 saturated heterocycles. The molecule has 0 radical (unpaired) electrons. The third kappa shape index (κ3) is 4.07. The van der Waals surface area contributed by atoms with Crippen molar-refractivity contribution < 1.29 is 19.4 Å². The van der Waals surface area contributed by atoms with Crippen molar-refractivity contribution in [1.29, 1.82) is 0 Å². The average molecular weight is 491 g/mol. The highest BCUT2D eigenvalue weighted by molar-refractivity contribution is 9.10. The number of Topliss-reactive ketones (excluding diaryl/α,β-unsaturated/α-hetero) is 1. The van der Waals surface area contributed by atoms with Crippen LogP contribution in [0.15, 0.2) is 95.6 Å². The molecule has 2 aromatic carbocycles. The quantitative estimate of drug-likeness (QED) is 0.226. The van der Waals surface area contributed by atoms with Gasteiger partial charge in [0.1, 0.15) is 23.9 Å². The van der Waals surface area contributed by atoms with Crippen LogP contribution in [0.1, 0.15) is 17.2 Å². The van der Waals surface area contributed by atoms with Crippen molar-refractivity contribution in [2.75, 3.05) is 11.5 Å². The zero-order chi connectivity index (χ0) is 22.7. The molecule has 0 aliphatic carbocycles. The number of aliphatic hydroxyl groups is 1. The summed E-state index contributed by atoms with van der Waals surface area (Å²) in [5.41, 5.74) is 1.06. The van der Waals surface area contributed by atoms with Crippen molar-refractivity contribution in [3.63, 3.8) is 0 Å². The van der Waals surface area contributed by atoms with Gasteiger partial charge in [0, 0.05) is 16.2 Å². The van der Waals surface area contributed by atoms with Crippen LogP contribution in [-0.2, 0) is 9.59 Å². The highest BCUT2D eigenvalue weighted by Gasteiger charge is 2.47. The van der Waals surface area contributed by atoms with Crippen LogP contribution in [0.3, 0.4) is 0 Å². The molecule has 0 spiro atoms. The largest absolute Gasteiger partial charge is 0.507 e. The second-order valence-electron chi connectivity index (χ2n) is 7.04. The summed E-state index contributed by atoms with van der Waals surface area (Å²) in [6, 6.07) is 18.2. The van der Waals surface area contributed by atoms with Crippen molar-refractivity contribution in [3.05, 3.63) is 107 Å². The fraction of sp³-hybridized carbons (Fsp3) is 0.0800. The fourth-order valence-electron chi connectivity index (χ4n) is 3.58. The molecule has 1 aliphatic heterocycles. The molecule has 1 aromatic heterocycles. The van der Waals surface area contributed by atoms with E-state index in [1.165, 1.54) is 4.90 Å². The fourth-order valence-corrected chi connectivity index (χ4v) is 3.99. The van der Waals surface area contributed by atoms with E-state index >= 15 is 0 Å². The topological polar surface area (TPSA) is 79.7 Å². The van der Waals surface area contributed by atoms with E-state index in [-0.39, 0.29) is 11.3 Å². The molecule has 1 N–H and O–H groups in total. The number of hydrogen-bond acceptors (Lipinski definition) is 5. The Bertz CT molecular complexity index is 1210. The zero-order valence-corrected chi connectivity index (χ0v) is 18.5. The minimum atomic E-state index is -0.834. The Morgan fingerprint density at radius 2 is 1.91 bits per heavy atom. The minimum absolute atomic E-state index is 0.00138. The van der Waals surface area contributed by atoms with Crippen molar-refractivity contribution >= 4 is 39.2 Å². The maximum atomic E-state index is 13.1. The molecule has 32 heavy (non-hydrogen) atoms. The third-order valence-corrected chi connectivity index (χ3v) is 5.49. The number of rotatable bonds is 6. The molecular formula is C25H19BrN2O4. The number of halogens is 1. The Morgan fingerprint density at radius 1 is 1.12 bits per heavy atom. The third-order valence-electron chi connectivity index (χ3n) is 5.00. The van der Waals surface area contributed by atoms with E-state index in [1.54, 1.807) is 60.8 Å². The first-order chi connectivity index (χ1) is 15.5. The van der Waals surface area contributed by atoms with Gasteiger partial charge in [-0.15, -0.1) is 0 Å². The van der Waals surface area contributed by atoms with Crippen LogP contribution < -0.4 is 9.64 Å². The van der Waals surface area contributed by atoms with Gasteiger partial charge >= 0.3 is 5.91 Å². The van der Waals surface area contributed by atoms with E-state index in [9.17, 15) is 14.7 Å². The van der Waals surface area contributed by atoms with Gasteiger partial charge in [-0.3, -0.25) is 14.5 Å². The van der Waals surface area contributed by atoms with Gasteiger partial charge in [-0.2, -0.15) is 0 Å². The molecule has 7 heteroatoms. The second-order valence-corrected chi connectivity index (χ2v) is 7.95. The minimum Gasteiger partial charge on any atom is -0.507 e. The Morgan fingerprint density at radius 3 is 2.56 bits per heavy atom. The lowest BCUT2D eigenvalue weighted by atomic mass is 9.95. The lowest BCUT2D eigenvalue weighted by Gasteiger charge is -2.24. The normalized spacial score (nSPS) is 17.4. The molecule has 0 bridgehead atoms. The van der Waals surface area contributed by atoms with E-state index in [1.807, 2.05) is 18.2 Å². The lowest BCUT2D eigenvalue weighted by Crippen LogP contribution is -2.30. The molecule has 6 nitrogen and oxygen atoms in total. The van der Waals surface area contributed by atoms with Crippen LogP contribution in [-0.4, -0.2) is 28.4 Å². The Kier molecular flexibility index (Phi) is 6.18. The molecule has 2 heterocycles. The highest BCUT2D eigenvalue weighted by atomic mass is 79.9. The summed E-state index contributed by atoms with van der Waals surface area (Å²) in [5.74, 6) is -0.862. The summed E-state index contributed by atoms with van der Waals surface area (Å²) >= 11 is 3.44. The standard InChI is InChI=1S/C25H19BrN2O4/c1-2-14-32-19-11-9-16(10-12-19)23(29)21-22(17-6-5-7-18(26)15-17)28(25(31)24(21)30)20-8-3-4-13-27-20/h2-13,15,22,29H,1,14H2/t22-/m1/s1. The van der Waals surface area contributed by atoms with Gasteiger partial charge in [0.05, 0.1) is 11.6 Å². The molecular weight excluding hydrogens is 472 g/mol. The Balaban J connectivity index is 1.85. The van der Waals surface area contributed by atoms with Crippen LogP contribution in [0.25, 0.3) is 5.76 Å². The molecule has 3 aromatic rings. The maximum absolute atomic E-state index is 13.1.